The number of rotatable bonds is 5. The van der Waals surface area contributed by atoms with E-state index < -0.39 is 16.1 Å². The van der Waals surface area contributed by atoms with Crippen molar-refractivity contribution < 1.29 is 13.5 Å². The fourth-order valence-electron chi connectivity index (χ4n) is 1.43. The number of hydrogen-bond donors (Lipinski definition) is 1. The third-order valence-electron chi connectivity index (χ3n) is 2.73. The molecule has 0 aliphatic rings. The van der Waals surface area contributed by atoms with Crippen LogP contribution in [0.15, 0.2) is 24.3 Å². The highest BCUT2D eigenvalue weighted by Crippen LogP contribution is 2.13. The number of nitriles is 1. The Balaban J connectivity index is 2.92. The maximum Gasteiger partial charge on any atom is 0.218 e. The molecular formula is C12H16N2O3S. The van der Waals surface area contributed by atoms with Gasteiger partial charge in [-0.05, 0) is 24.6 Å². The quantitative estimate of drug-likeness (QED) is 0.852. The van der Waals surface area contributed by atoms with E-state index in [1.54, 1.807) is 31.2 Å². The third-order valence-corrected chi connectivity index (χ3v) is 4.66. The maximum absolute atomic E-state index is 12.0. The number of likely N-dealkylation sites (N-methyl/N-ethyl adjacent to an activating group) is 1. The molecule has 1 aromatic carbocycles. The SMILES string of the molecule is CC(CO)N(C)S(=O)(=O)Cc1cccc(C#N)c1. The number of benzene rings is 1. The van der Waals surface area contributed by atoms with E-state index >= 15 is 0 Å². The number of sulfonamides is 1. The van der Waals surface area contributed by atoms with Gasteiger partial charge >= 0.3 is 0 Å². The summed E-state index contributed by atoms with van der Waals surface area (Å²) < 4.78 is 25.2. The highest BCUT2D eigenvalue weighted by Gasteiger charge is 2.23. The topological polar surface area (TPSA) is 81.4 Å². The molecule has 0 bridgehead atoms. The van der Waals surface area contributed by atoms with E-state index in [2.05, 4.69) is 0 Å². The molecule has 1 rings (SSSR count). The molecule has 0 aliphatic heterocycles. The number of hydrogen-bond acceptors (Lipinski definition) is 4. The zero-order chi connectivity index (χ0) is 13.8. The van der Waals surface area contributed by atoms with Gasteiger partial charge in [0.1, 0.15) is 0 Å². The van der Waals surface area contributed by atoms with Crippen molar-refractivity contribution in [2.24, 2.45) is 0 Å². The fourth-order valence-corrected chi connectivity index (χ4v) is 2.85. The molecule has 5 nitrogen and oxygen atoms in total. The van der Waals surface area contributed by atoms with Crippen molar-refractivity contribution in [1.29, 1.82) is 5.26 Å². The first kappa shape index (κ1) is 14.6. The van der Waals surface area contributed by atoms with E-state index in [4.69, 9.17) is 10.4 Å². The van der Waals surface area contributed by atoms with Crippen LogP contribution in [-0.2, 0) is 15.8 Å². The van der Waals surface area contributed by atoms with Gasteiger partial charge in [0.05, 0.1) is 24.0 Å². The summed E-state index contributed by atoms with van der Waals surface area (Å²) in [5, 5.41) is 17.7. The van der Waals surface area contributed by atoms with Gasteiger partial charge in [-0.25, -0.2) is 8.42 Å². The summed E-state index contributed by atoms with van der Waals surface area (Å²) in [6.07, 6.45) is 0. The molecule has 6 heteroatoms. The van der Waals surface area contributed by atoms with Crippen LogP contribution in [0.1, 0.15) is 18.1 Å². The maximum atomic E-state index is 12.0. The molecule has 1 atom stereocenters. The smallest absolute Gasteiger partial charge is 0.218 e. The van der Waals surface area contributed by atoms with Crippen LogP contribution in [-0.4, -0.2) is 37.5 Å². The van der Waals surface area contributed by atoms with E-state index in [0.29, 0.717) is 11.1 Å². The zero-order valence-corrected chi connectivity index (χ0v) is 11.2. The lowest BCUT2D eigenvalue weighted by molar-refractivity contribution is 0.213. The molecule has 1 unspecified atom stereocenters. The van der Waals surface area contributed by atoms with Crippen LogP contribution in [0.3, 0.4) is 0 Å². The highest BCUT2D eigenvalue weighted by atomic mass is 32.2. The zero-order valence-electron chi connectivity index (χ0n) is 10.4. The van der Waals surface area contributed by atoms with Gasteiger partial charge in [-0.3, -0.25) is 0 Å². The van der Waals surface area contributed by atoms with Crippen LogP contribution >= 0.6 is 0 Å². The molecule has 1 aromatic rings. The van der Waals surface area contributed by atoms with Crippen molar-refractivity contribution in [2.75, 3.05) is 13.7 Å². The Bertz CT molecular complexity index is 549. The van der Waals surface area contributed by atoms with Gasteiger partial charge in [0, 0.05) is 13.1 Å². The van der Waals surface area contributed by atoms with Crippen molar-refractivity contribution in [3.8, 4) is 6.07 Å². The van der Waals surface area contributed by atoms with E-state index in [1.807, 2.05) is 6.07 Å². The highest BCUT2D eigenvalue weighted by molar-refractivity contribution is 7.88. The third kappa shape index (κ3) is 3.53. The molecule has 0 spiro atoms. The summed E-state index contributed by atoms with van der Waals surface area (Å²) in [5.74, 6) is -0.177. The summed E-state index contributed by atoms with van der Waals surface area (Å²) in [4.78, 5) is 0. The average Bonchev–Trinajstić information content (AvgIpc) is 2.36. The van der Waals surface area contributed by atoms with Crippen molar-refractivity contribution in [2.45, 2.75) is 18.7 Å². The molecule has 0 radical (unpaired) electrons. The number of aliphatic hydroxyl groups is 1. The first-order chi connectivity index (χ1) is 8.40. The number of nitrogens with zero attached hydrogens (tertiary/aromatic N) is 2. The lowest BCUT2D eigenvalue weighted by atomic mass is 10.2. The summed E-state index contributed by atoms with van der Waals surface area (Å²) in [7, 11) is -2.05. The normalized spacial score (nSPS) is 13.3. The monoisotopic (exact) mass is 268 g/mol. The summed E-state index contributed by atoms with van der Waals surface area (Å²) in [6, 6.07) is 7.99. The molecule has 0 saturated heterocycles. The van der Waals surface area contributed by atoms with Gasteiger partial charge in [0.25, 0.3) is 0 Å². The van der Waals surface area contributed by atoms with Gasteiger partial charge in [-0.1, -0.05) is 12.1 Å². The van der Waals surface area contributed by atoms with Crippen LogP contribution in [0.4, 0.5) is 0 Å². The number of aliphatic hydroxyl groups excluding tert-OH is 1. The Morgan fingerprint density at radius 3 is 2.72 bits per heavy atom. The minimum absolute atomic E-state index is 0.177. The van der Waals surface area contributed by atoms with E-state index in [-0.39, 0.29) is 12.4 Å². The lowest BCUT2D eigenvalue weighted by Crippen LogP contribution is -2.38. The summed E-state index contributed by atoms with van der Waals surface area (Å²) >= 11 is 0. The first-order valence-corrected chi connectivity index (χ1v) is 7.07. The molecule has 0 amide bonds. The van der Waals surface area contributed by atoms with Crippen molar-refractivity contribution in [1.82, 2.24) is 4.31 Å². The Morgan fingerprint density at radius 2 is 2.17 bits per heavy atom. The molecule has 0 aromatic heterocycles. The van der Waals surface area contributed by atoms with Crippen molar-refractivity contribution in [3.05, 3.63) is 35.4 Å². The minimum Gasteiger partial charge on any atom is -0.395 e. The Hall–Kier alpha value is -1.42. The molecule has 0 heterocycles. The van der Waals surface area contributed by atoms with E-state index in [9.17, 15) is 8.42 Å². The predicted molar refractivity (Wildman–Crippen MR) is 68.1 cm³/mol. The van der Waals surface area contributed by atoms with Gasteiger partial charge in [0.2, 0.25) is 10.0 Å². The van der Waals surface area contributed by atoms with Gasteiger partial charge < -0.3 is 5.11 Å². The van der Waals surface area contributed by atoms with Crippen LogP contribution in [0.2, 0.25) is 0 Å². The van der Waals surface area contributed by atoms with Crippen molar-refractivity contribution in [3.63, 3.8) is 0 Å². The molecule has 0 saturated carbocycles. The summed E-state index contributed by atoms with van der Waals surface area (Å²) in [5.41, 5.74) is 0.992. The standard InChI is InChI=1S/C12H16N2O3S/c1-10(8-15)14(2)18(16,17)9-12-5-3-4-11(6-12)7-13/h3-6,10,15H,8-9H2,1-2H3. The Labute approximate surface area is 107 Å². The molecular weight excluding hydrogens is 252 g/mol. The fraction of sp³-hybridized carbons (Fsp3) is 0.417. The van der Waals surface area contributed by atoms with Crippen LogP contribution in [0.25, 0.3) is 0 Å². The van der Waals surface area contributed by atoms with Gasteiger partial charge in [-0.2, -0.15) is 9.57 Å². The van der Waals surface area contributed by atoms with Gasteiger partial charge in [-0.15, -0.1) is 0 Å². The summed E-state index contributed by atoms with van der Waals surface area (Å²) in [6.45, 7) is 1.40. The molecule has 0 aliphatic carbocycles. The molecule has 98 valence electrons. The van der Waals surface area contributed by atoms with E-state index in [1.165, 1.54) is 7.05 Å². The van der Waals surface area contributed by atoms with Crippen LogP contribution in [0.5, 0.6) is 0 Å². The van der Waals surface area contributed by atoms with Crippen molar-refractivity contribution >= 4 is 10.0 Å². The largest absolute Gasteiger partial charge is 0.395 e. The molecule has 18 heavy (non-hydrogen) atoms. The second kappa shape index (κ2) is 5.96. The van der Waals surface area contributed by atoms with Crippen LogP contribution in [0, 0.1) is 11.3 Å². The van der Waals surface area contributed by atoms with Gasteiger partial charge in [0.15, 0.2) is 0 Å². The minimum atomic E-state index is -3.49. The second-order valence-corrected chi connectivity index (χ2v) is 6.14. The van der Waals surface area contributed by atoms with Crippen LogP contribution < -0.4 is 0 Å². The first-order valence-electron chi connectivity index (χ1n) is 5.46. The molecule has 1 N–H and O–H groups in total. The molecule has 0 fully saturated rings. The van der Waals surface area contributed by atoms with E-state index in [0.717, 1.165) is 4.31 Å². The average molecular weight is 268 g/mol. The Morgan fingerprint density at radius 1 is 1.50 bits per heavy atom. The Kier molecular flexibility index (Phi) is 4.84. The second-order valence-electron chi connectivity index (χ2n) is 4.12. The predicted octanol–water partition coefficient (Wildman–Crippen LogP) is 0.701. The lowest BCUT2D eigenvalue weighted by Gasteiger charge is -2.22.